The molecule has 0 nitrogen and oxygen atoms in total. The van der Waals surface area contributed by atoms with Crippen LogP contribution in [0.3, 0.4) is 0 Å². The van der Waals surface area contributed by atoms with Crippen molar-refractivity contribution >= 4 is 14.8 Å². The third kappa shape index (κ3) is 4.15. The number of hydrogen-bond acceptors (Lipinski definition) is 0. The molecule has 0 N–H and O–H groups in total. The van der Waals surface area contributed by atoms with Crippen LogP contribution in [0, 0.1) is 0 Å². The summed E-state index contributed by atoms with van der Waals surface area (Å²) in [4.78, 5) is 0. The van der Waals surface area contributed by atoms with Crippen molar-refractivity contribution in [1.29, 1.82) is 0 Å². The molecule has 0 atom stereocenters. The van der Waals surface area contributed by atoms with E-state index in [2.05, 4.69) is 141 Å². The van der Waals surface area contributed by atoms with Gasteiger partial charge in [-0.1, -0.05) is 141 Å². The van der Waals surface area contributed by atoms with E-state index in [-0.39, 0.29) is 0 Å². The highest BCUT2D eigenvalue weighted by atomic mass is 31.4. The van der Waals surface area contributed by atoms with Crippen LogP contribution >= 0.6 is 7.08 Å². The van der Waals surface area contributed by atoms with Crippen molar-refractivity contribution in [3.63, 3.8) is 0 Å². The number of hydrogen-bond donors (Lipinski definition) is 0. The summed E-state index contributed by atoms with van der Waals surface area (Å²) < 4.78 is 0. The fraction of sp³-hybridized carbons (Fsp3) is 0.0968. The lowest BCUT2D eigenvalue weighted by molar-refractivity contribution is 1.61. The Balaban J connectivity index is 2.03. The Hall–Kier alpha value is -3.12. The van der Waals surface area contributed by atoms with Crippen LogP contribution in [0.25, 0.3) is 44.0 Å². The van der Waals surface area contributed by atoms with Crippen molar-refractivity contribution in [2.75, 3.05) is 0 Å². The summed E-state index contributed by atoms with van der Waals surface area (Å²) in [6.07, 6.45) is 0. The first-order valence-electron chi connectivity index (χ1n) is 11.6. The molecule has 0 amide bonds. The Bertz CT molecular complexity index is 1250. The molecule has 0 bridgehead atoms. The van der Waals surface area contributed by atoms with Crippen molar-refractivity contribution in [3.8, 4) is 44.0 Å². The third-order valence-electron chi connectivity index (χ3n) is 6.06. The lowest BCUT2D eigenvalue weighted by Gasteiger charge is -2.23. The topological polar surface area (TPSA) is 0 Å². The molecule has 0 radical (unpaired) electrons. The quantitative estimate of drug-likeness (QED) is 0.229. The van der Waals surface area contributed by atoms with Gasteiger partial charge in [-0.3, -0.25) is 0 Å². The summed E-state index contributed by atoms with van der Waals surface area (Å²) in [5.74, 6) is 0. The molecule has 1 aromatic heterocycles. The van der Waals surface area contributed by atoms with Gasteiger partial charge in [0.2, 0.25) is 0 Å². The zero-order valence-electron chi connectivity index (χ0n) is 19.5. The van der Waals surface area contributed by atoms with E-state index in [4.69, 9.17) is 0 Å². The van der Waals surface area contributed by atoms with E-state index in [9.17, 15) is 0 Å². The van der Waals surface area contributed by atoms with Crippen molar-refractivity contribution in [2.24, 2.45) is 0 Å². The maximum Gasteiger partial charge on any atom is 0.0995 e. The summed E-state index contributed by atoms with van der Waals surface area (Å²) in [5.41, 5.74) is 8.19. The summed E-state index contributed by atoms with van der Waals surface area (Å²) in [5, 5.41) is 3.10. The first-order valence-corrected chi connectivity index (χ1v) is 17.2. The standard InChI is InChI=1S/C31H29PSi/c1-33(2,3)32-30(26-20-12-6-13-21-26)28(24-16-8-4-9-17-24)29(25-18-10-5-11-19-25)31(32)27-22-14-7-15-23-27/h4-23H,1-3H3. The zero-order valence-corrected chi connectivity index (χ0v) is 21.4. The van der Waals surface area contributed by atoms with Gasteiger partial charge in [0.05, 0.1) is 7.74 Å². The molecule has 4 aromatic carbocycles. The van der Waals surface area contributed by atoms with Gasteiger partial charge in [-0.2, -0.15) is 0 Å². The van der Waals surface area contributed by atoms with E-state index in [1.165, 1.54) is 33.4 Å². The predicted molar refractivity (Wildman–Crippen MR) is 150 cm³/mol. The summed E-state index contributed by atoms with van der Waals surface area (Å²) >= 11 is 0. The van der Waals surface area contributed by atoms with E-state index in [0.29, 0.717) is 0 Å². The Kier molecular flexibility index (Phi) is 5.93. The van der Waals surface area contributed by atoms with Crippen molar-refractivity contribution in [3.05, 3.63) is 121 Å². The van der Waals surface area contributed by atoms with Crippen LogP contribution in [0.1, 0.15) is 0 Å². The van der Waals surface area contributed by atoms with E-state index < -0.39 is 14.8 Å². The van der Waals surface area contributed by atoms with Crippen molar-refractivity contribution < 1.29 is 0 Å². The smallest absolute Gasteiger partial charge is 0.0995 e. The van der Waals surface area contributed by atoms with Crippen molar-refractivity contribution in [1.82, 2.24) is 0 Å². The van der Waals surface area contributed by atoms with Crippen LogP contribution in [-0.2, 0) is 0 Å². The van der Waals surface area contributed by atoms with Crippen LogP contribution in [0.5, 0.6) is 0 Å². The van der Waals surface area contributed by atoms with Crippen LogP contribution in [0.15, 0.2) is 121 Å². The second-order valence-electron chi connectivity index (χ2n) is 9.42. The average molecular weight is 461 g/mol. The van der Waals surface area contributed by atoms with Gasteiger partial charge < -0.3 is 0 Å². The van der Waals surface area contributed by atoms with Gasteiger partial charge in [-0.15, -0.1) is 7.08 Å². The van der Waals surface area contributed by atoms with Gasteiger partial charge in [0.15, 0.2) is 0 Å². The van der Waals surface area contributed by atoms with Gasteiger partial charge in [0.25, 0.3) is 0 Å². The molecule has 0 aliphatic heterocycles. The molecule has 0 aliphatic rings. The SMILES string of the molecule is C[Si](C)(C)p1c(-c2ccccc2)c(-c2ccccc2)c(-c2ccccc2)c1-c1ccccc1. The molecular weight excluding hydrogens is 431 g/mol. The second-order valence-corrected chi connectivity index (χ2v) is 20.7. The minimum atomic E-state index is -1.62. The monoisotopic (exact) mass is 460 g/mol. The van der Waals surface area contributed by atoms with Gasteiger partial charge in [-0.25, -0.2) is 0 Å². The number of rotatable bonds is 5. The van der Waals surface area contributed by atoms with E-state index in [1.54, 1.807) is 10.6 Å². The average Bonchev–Trinajstić information content (AvgIpc) is 3.23. The molecule has 33 heavy (non-hydrogen) atoms. The van der Waals surface area contributed by atoms with Gasteiger partial charge in [0.1, 0.15) is 0 Å². The first kappa shape index (κ1) is 21.7. The molecule has 0 fully saturated rings. The second kappa shape index (κ2) is 9.02. The molecule has 0 aliphatic carbocycles. The Morgan fingerprint density at radius 3 is 0.939 bits per heavy atom. The van der Waals surface area contributed by atoms with Crippen LogP contribution < -0.4 is 0 Å². The normalized spacial score (nSPS) is 11.5. The third-order valence-corrected chi connectivity index (χ3v) is 14.6. The van der Waals surface area contributed by atoms with Crippen LogP contribution in [0.4, 0.5) is 0 Å². The van der Waals surface area contributed by atoms with Gasteiger partial charge in [-0.05, 0) is 22.3 Å². The molecule has 5 rings (SSSR count). The van der Waals surface area contributed by atoms with E-state index in [0.717, 1.165) is 0 Å². The van der Waals surface area contributed by atoms with Gasteiger partial charge in [0, 0.05) is 21.7 Å². The first-order chi connectivity index (χ1) is 16.1. The lowest BCUT2D eigenvalue weighted by atomic mass is 9.91. The van der Waals surface area contributed by atoms with Gasteiger partial charge >= 0.3 is 0 Å². The van der Waals surface area contributed by atoms with E-state index >= 15 is 0 Å². The molecule has 0 spiro atoms. The molecule has 0 unspecified atom stereocenters. The molecule has 0 saturated heterocycles. The Morgan fingerprint density at radius 1 is 0.394 bits per heavy atom. The largest absolute Gasteiger partial charge is 0.125 e. The maximum atomic E-state index is 2.54. The maximum absolute atomic E-state index is 2.54. The fourth-order valence-electron chi connectivity index (χ4n) is 4.75. The highest BCUT2D eigenvalue weighted by molar-refractivity contribution is 7.93. The molecule has 1 heterocycles. The molecular formula is C31H29PSi. The van der Waals surface area contributed by atoms with E-state index in [1.807, 2.05) is 0 Å². The molecule has 0 saturated carbocycles. The lowest BCUT2D eigenvalue weighted by Crippen LogP contribution is -2.13. The summed E-state index contributed by atoms with van der Waals surface area (Å²) in [7, 11) is -2.11. The molecule has 5 aromatic rings. The minimum absolute atomic E-state index is 0.493. The number of benzene rings is 4. The highest BCUT2D eigenvalue weighted by Crippen LogP contribution is 2.65. The Labute approximate surface area is 199 Å². The van der Waals surface area contributed by atoms with Crippen LogP contribution in [-0.4, -0.2) is 7.74 Å². The highest BCUT2D eigenvalue weighted by Gasteiger charge is 2.33. The zero-order chi connectivity index (χ0) is 22.8. The summed E-state index contributed by atoms with van der Waals surface area (Å²) in [6, 6.07) is 44.3. The Morgan fingerprint density at radius 2 is 0.667 bits per heavy atom. The minimum Gasteiger partial charge on any atom is -0.125 e. The molecule has 2 heteroatoms. The predicted octanol–water partition coefficient (Wildman–Crippen LogP) is 10.0. The van der Waals surface area contributed by atoms with Crippen LogP contribution in [0.2, 0.25) is 19.6 Å². The van der Waals surface area contributed by atoms with Crippen molar-refractivity contribution in [2.45, 2.75) is 19.6 Å². The summed E-state index contributed by atoms with van der Waals surface area (Å²) in [6.45, 7) is 7.63. The fourth-order valence-corrected chi connectivity index (χ4v) is 13.5. The molecule has 162 valence electrons.